The third-order valence-electron chi connectivity index (χ3n) is 5.11. The van der Waals surface area contributed by atoms with Crippen molar-refractivity contribution >= 4 is 23.0 Å². The van der Waals surface area contributed by atoms with Gasteiger partial charge in [0.05, 0.1) is 39.5 Å². The molecule has 166 valence electrons. The molecule has 0 saturated heterocycles. The number of hydrogen-bond donors (Lipinski definition) is 1. The Labute approximate surface area is 185 Å². The standard InChI is InChI=1S/C23H27NO6S/c1-13(2)9-16(25)19-20(14-10-17(28-3)22(30-5)18(11-14)29-4)24(23(27)21(19)26)12-15-7-6-8-31-15/h6-8,10-11,13,20,26H,9,12H2,1-5H3. The van der Waals surface area contributed by atoms with Gasteiger partial charge < -0.3 is 24.2 Å². The first-order valence-corrected chi connectivity index (χ1v) is 10.8. The maximum Gasteiger partial charge on any atom is 0.290 e. The van der Waals surface area contributed by atoms with Gasteiger partial charge in [-0.1, -0.05) is 19.9 Å². The summed E-state index contributed by atoms with van der Waals surface area (Å²) in [4.78, 5) is 28.6. The number of amides is 1. The number of aliphatic hydroxyl groups is 1. The third kappa shape index (κ3) is 4.39. The predicted octanol–water partition coefficient (Wildman–Crippen LogP) is 4.28. The summed E-state index contributed by atoms with van der Waals surface area (Å²) >= 11 is 1.50. The lowest BCUT2D eigenvalue weighted by Gasteiger charge is -2.27. The number of methoxy groups -OCH3 is 3. The number of thiophene rings is 1. The first-order valence-electron chi connectivity index (χ1n) is 9.91. The van der Waals surface area contributed by atoms with Crippen molar-refractivity contribution in [2.75, 3.05) is 21.3 Å². The van der Waals surface area contributed by atoms with Crippen LogP contribution in [0.3, 0.4) is 0 Å². The second kappa shape index (κ2) is 9.43. The minimum absolute atomic E-state index is 0.0786. The number of hydrogen-bond acceptors (Lipinski definition) is 7. The molecule has 8 heteroatoms. The van der Waals surface area contributed by atoms with E-state index in [1.165, 1.54) is 37.6 Å². The highest BCUT2D eigenvalue weighted by Crippen LogP contribution is 2.46. The van der Waals surface area contributed by atoms with Gasteiger partial charge >= 0.3 is 0 Å². The molecule has 0 bridgehead atoms. The van der Waals surface area contributed by atoms with Crippen LogP contribution in [0.1, 0.15) is 36.8 Å². The molecule has 0 radical (unpaired) electrons. The van der Waals surface area contributed by atoms with E-state index in [1.807, 2.05) is 31.4 Å². The van der Waals surface area contributed by atoms with Gasteiger partial charge in [0, 0.05) is 11.3 Å². The molecule has 0 saturated carbocycles. The SMILES string of the molecule is COc1cc(C2C(C(=O)CC(C)C)=C(O)C(=O)N2Cc2cccs2)cc(OC)c1OC. The number of aliphatic hydroxyl groups excluding tert-OH is 1. The number of nitrogens with zero attached hydrogens (tertiary/aromatic N) is 1. The zero-order valence-electron chi connectivity index (χ0n) is 18.3. The molecule has 31 heavy (non-hydrogen) atoms. The Hall–Kier alpha value is -3.00. The number of ketones is 1. The maximum absolute atomic E-state index is 13.1. The quantitative estimate of drug-likeness (QED) is 0.620. The molecule has 0 fully saturated rings. The van der Waals surface area contributed by atoms with E-state index < -0.39 is 17.7 Å². The van der Waals surface area contributed by atoms with Crippen molar-refractivity contribution in [3.05, 3.63) is 51.4 Å². The number of rotatable bonds is 9. The van der Waals surface area contributed by atoms with Gasteiger partial charge in [-0.05, 0) is 35.1 Å². The molecule has 1 aromatic heterocycles. The van der Waals surface area contributed by atoms with E-state index in [2.05, 4.69) is 0 Å². The minimum Gasteiger partial charge on any atom is -0.503 e. The van der Waals surface area contributed by atoms with Gasteiger partial charge in [0.25, 0.3) is 5.91 Å². The van der Waals surface area contributed by atoms with E-state index in [0.29, 0.717) is 22.8 Å². The zero-order valence-corrected chi connectivity index (χ0v) is 19.1. The fourth-order valence-electron chi connectivity index (χ4n) is 3.76. The molecular formula is C23H27NO6S. The number of carbonyl (C=O) groups excluding carboxylic acids is 2. The summed E-state index contributed by atoms with van der Waals surface area (Å²) in [7, 11) is 4.51. The van der Waals surface area contributed by atoms with Crippen LogP contribution in [0.2, 0.25) is 0 Å². The number of Topliss-reactive ketones (excluding diaryl/α,β-unsaturated/α-hetero) is 1. The number of ether oxygens (including phenoxy) is 3. The molecule has 1 aromatic carbocycles. The Morgan fingerprint density at radius 2 is 1.81 bits per heavy atom. The summed E-state index contributed by atoms with van der Waals surface area (Å²) in [5, 5.41) is 12.6. The van der Waals surface area contributed by atoms with Crippen molar-refractivity contribution in [1.29, 1.82) is 0 Å². The highest BCUT2D eigenvalue weighted by atomic mass is 32.1. The Morgan fingerprint density at radius 3 is 2.29 bits per heavy atom. The molecule has 1 atom stereocenters. The first-order chi connectivity index (χ1) is 14.8. The largest absolute Gasteiger partial charge is 0.503 e. The fourth-order valence-corrected chi connectivity index (χ4v) is 4.46. The van der Waals surface area contributed by atoms with Crippen molar-refractivity contribution in [2.24, 2.45) is 5.92 Å². The molecule has 1 N–H and O–H groups in total. The fraction of sp³-hybridized carbons (Fsp3) is 0.391. The smallest absolute Gasteiger partial charge is 0.290 e. The van der Waals surface area contributed by atoms with Crippen LogP contribution in [0, 0.1) is 5.92 Å². The van der Waals surface area contributed by atoms with Gasteiger partial charge in [0.1, 0.15) is 0 Å². The summed E-state index contributed by atoms with van der Waals surface area (Å²) in [6.07, 6.45) is 0.223. The molecular weight excluding hydrogens is 418 g/mol. The van der Waals surface area contributed by atoms with E-state index >= 15 is 0 Å². The summed E-state index contributed by atoms with van der Waals surface area (Å²) in [5.74, 6) is -0.0284. The monoisotopic (exact) mass is 445 g/mol. The summed E-state index contributed by atoms with van der Waals surface area (Å²) in [6.45, 7) is 4.11. The lowest BCUT2D eigenvalue weighted by molar-refractivity contribution is -0.130. The van der Waals surface area contributed by atoms with E-state index in [0.717, 1.165) is 4.88 Å². The highest BCUT2D eigenvalue weighted by Gasteiger charge is 2.44. The van der Waals surface area contributed by atoms with Crippen LogP contribution >= 0.6 is 11.3 Å². The van der Waals surface area contributed by atoms with Crippen molar-refractivity contribution in [2.45, 2.75) is 32.9 Å². The van der Waals surface area contributed by atoms with Gasteiger partial charge in [-0.2, -0.15) is 0 Å². The Bertz CT molecular complexity index is 970. The number of benzene rings is 1. The molecule has 1 amide bonds. The lowest BCUT2D eigenvalue weighted by atomic mass is 9.91. The van der Waals surface area contributed by atoms with Gasteiger partial charge in [-0.25, -0.2) is 0 Å². The van der Waals surface area contributed by atoms with E-state index in [-0.39, 0.29) is 30.2 Å². The van der Waals surface area contributed by atoms with E-state index in [9.17, 15) is 14.7 Å². The van der Waals surface area contributed by atoms with Crippen LogP contribution in [0.4, 0.5) is 0 Å². The van der Waals surface area contributed by atoms with Gasteiger partial charge in [0.15, 0.2) is 23.0 Å². The molecule has 3 rings (SSSR count). The molecule has 1 unspecified atom stereocenters. The van der Waals surface area contributed by atoms with Crippen LogP contribution in [-0.4, -0.2) is 43.0 Å². The molecule has 7 nitrogen and oxygen atoms in total. The number of carbonyl (C=O) groups is 2. The lowest BCUT2D eigenvalue weighted by Crippen LogP contribution is -2.30. The predicted molar refractivity (Wildman–Crippen MR) is 118 cm³/mol. The normalized spacial score (nSPS) is 16.3. The molecule has 0 spiro atoms. The summed E-state index contributed by atoms with van der Waals surface area (Å²) in [6, 6.07) is 6.46. The van der Waals surface area contributed by atoms with Crippen molar-refractivity contribution in [3.8, 4) is 17.2 Å². The van der Waals surface area contributed by atoms with Crippen LogP contribution in [-0.2, 0) is 16.1 Å². The Kier molecular flexibility index (Phi) is 6.90. The average molecular weight is 446 g/mol. The van der Waals surface area contributed by atoms with Crippen LogP contribution in [0.25, 0.3) is 0 Å². The van der Waals surface area contributed by atoms with Crippen LogP contribution < -0.4 is 14.2 Å². The maximum atomic E-state index is 13.1. The minimum atomic E-state index is -0.769. The van der Waals surface area contributed by atoms with Crippen LogP contribution in [0.15, 0.2) is 41.0 Å². The second-order valence-electron chi connectivity index (χ2n) is 7.66. The van der Waals surface area contributed by atoms with Gasteiger partial charge in [-0.15, -0.1) is 11.3 Å². The summed E-state index contributed by atoms with van der Waals surface area (Å²) < 4.78 is 16.3. The Balaban J connectivity index is 2.16. The topological polar surface area (TPSA) is 85.3 Å². The van der Waals surface area contributed by atoms with Gasteiger partial charge in [-0.3, -0.25) is 9.59 Å². The third-order valence-corrected chi connectivity index (χ3v) is 5.97. The highest BCUT2D eigenvalue weighted by molar-refractivity contribution is 7.09. The molecule has 2 heterocycles. The molecule has 2 aromatic rings. The van der Waals surface area contributed by atoms with Crippen molar-refractivity contribution in [3.63, 3.8) is 0 Å². The molecule has 1 aliphatic heterocycles. The Morgan fingerprint density at radius 1 is 1.16 bits per heavy atom. The molecule has 0 aliphatic carbocycles. The first kappa shape index (κ1) is 22.7. The summed E-state index contributed by atoms with van der Waals surface area (Å²) in [5.41, 5.74) is 0.695. The van der Waals surface area contributed by atoms with Crippen molar-refractivity contribution in [1.82, 2.24) is 4.90 Å². The zero-order chi connectivity index (χ0) is 22.7. The van der Waals surface area contributed by atoms with E-state index in [1.54, 1.807) is 12.1 Å². The van der Waals surface area contributed by atoms with Gasteiger partial charge in [0.2, 0.25) is 5.75 Å². The second-order valence-corrected chi connectivity index (χ2v) is 8.69. The molecule has 1 aliphatic rings. The average Bonchev–Trinajstić information content (AvgIpc) is 3.34. The van der Waals surface area contributed by atoms with E-state index in [4.69, 9.17) is 14.2 Å². The van der Waals surface area contributed by atoms with Crippen molar-refractivity contribution < 1.29 is 28.9 Å². The van der Waals surface area contributed by atoms with Crippen LogP contribution in [0.5, 0.6) is 17.2 Å².